The highest BCUT2D eigenvalue weighted by atomic mass is 35.5. The van der Waals surface area contributed by atoms with Gasteiger partial charge in [-0.05, 0) is 37.2 Å². The highest BCUT2D eigenvalue weighted by Gasteiger charge is 2.05. The molecule has 0 amide bonds. The van der Waals surface area contributed by atoms with Crippen LogP contribution in [0.3, 0.4) is 0 Å². The molecule has 0 rings (SSSR count). The van der Waals surface area contributed by atoms with Gasteiger partial charge in [-0.25, -0.2) is 0 Å². The number of hydrogen-bond acceptors (Lipinski definition) is 4. The monoisotopic (exact) mass is 256 g/mol. The summed E-state index contributed by atoms with van der Waals surface area (Å²) in [6.07, 6.45) is 1.88. The van der Waals surface area contributed by atoms with Crippen molar-refractivity contribution in [3.05, 3.63) is 0 Å². The summed E-state index contributed by atoms with van der Waals surface area (Å²) in [5.74, 6) is 2.26. The molecule has 0 aliphatic heterocycles. The molecule has 3 nitrogen and oxygen atoms in total. The Bertz CT molecular complexity index is 124. The number of hydrogen-bond donors (Lipinski definition) is 3. The van der Waals surface area contributed by atoms with Crippen LogP contribution in [0.2, 0.25) is 0 Å². The smallest absolute Gasteiger partial charge is 0.0570 e. The molecule has 0 heterocycles. The zero-order chi connectivity index (χ0) is 11.5. The molecular weight excluding hydrogens is 236 g/mol. The predicted molar refractivity (Wildman–Crippen MR) is 65.6 cm³/mol. The van der Waals surface area contributed by atoms with Crippen LogP contribution in [0.4, 0.5) is 0 Å². The van der Waals surface area contributed by atoms with Crippen molar-refractivity contribution in [1.29, 1.82) is 0 Å². The second-order valence-electron chi connectivity index (χ2n) is 3.49. The molecule has 0 spiro atoms. The Balaban J connectivity index is 3.17. The second kappa shape index (κ2) is 11.0. The van der Waals surface area contributed by atoms with Crippen LogP contribution in [-0.2, 0) is 0 Å². The van der Waals surface area contributed by atoms with Crippen molar-refractivity contribution in [2.75, 3.05) is 24.0 Å². The number of thioether (sulfide) groups is 1. The molecule has 0 radical (unpaired) electrons. The number of rotatable bonds is 10. The van der Waals surface area contributed by atoms with Crippen molar-refractivity contribution in [2.24, 2.45) is 0 Å². The van der Waals surface area contributed by atoms with Gasteiger partial charge in [0.15, 0.2) is 0 Å². The molecule has 0 aromatic heterocycles. The maximum atomic E-state index is 9.36. The Hall–Kier alpha value is 0.520. The Morgan fingerprint density at radius 1 is 0.933 bits per heavy atom. The molecule has 92 valence electrons. The van der Waals surface area contributed by atoms with Crippen LogP contribution in [0.1, 0.15) is 25.7 Å². The van der Waals surface area contributed by atoms with Gasteiger partial charge in [-0.3, -0.25) is 0 Å². The van der Waals surface area contributed by atoms with E-state index in [9.17, 15) is 10.2 Å². The molecule has 0 aliphatic rings. The highest BCUT2D eigenvalue weighted by Crippen LogP contribution is 2.11. The average molecular weight is 257 g/mol. The van der Waals surface area contributed by atoms with E-state index in [1.54, 1.807) is 11.8 Å². The fourth-order valence-electron chi connectivity index (χ4n) is 1.10. The van der Waals surface area contributed by atoms with Gasteiger partial charge in [0, 0.05) is 12.5 Å². The molecule has 2 atom stereocenters. The third-order valence-electron chi connectivity index (χ3n) is 2.10. The molecule has 0 saturated carbocycles. The Morgan fingerprint density at radius 2 is 1.47 bits per heavy atom. The van der Waals surface area contributed by atoms with Crippen LogP contribution in [-0.4, -0.2) is 51.5 Å². The van der Waals surface area contributed by atoms with Gasteiger partial charge >= 0.3 is 0 Å². The molecule has 3 N–H and O–H groups in total. The third kappa shape index (κ3) is 10.8. The first-order chi connectivity index (χ1) is 7.20. The lowest BCUT2D eigenvalue weighted by Gasteiger charge is -2.10. The van der Waals surface area contributed by atoms with E-state index >= 15 is 0 Å². The number of aliphatic hydroxyl groups excluding tert-OH is 3. The fourth-order valence-corrected chi connectivity index (χ4v) is 2.44. The van der Waals surface area contributed by atoms with E-state index in [2.05, 4.69) is 0 Å². The number of alkyl halides is 1. The first-order valence-corrected chi connectivity index (χ1v) is 7.00. The van der Waals surface area contributed by atoms with E-state index in [1.807, 2.05) is 0 Å². The minimum absolute atomic E-state index is 0.0419. The average Bonchev–Trinajstić information content (AvgIpc) is 2.18. The SMILES string of the molecule is OCCC(O)CCSCCC(O)CCCl. The van der Waals surface area contributed by atoms with Gasteiger partial charge in [-0.1, -0.05) is 0 Å². The van der Waals surface area contributed by atoms with E-state index in [-0.39, 0.29) is 12.7 Å². The van der Waals surface area contributed by atoms with Gasteiger partial charge in [0.05, 0.1) is 12.2 Å². The molecule has 2 unspecified atom stereocenters. The van der Waals surface area contributed by atoms with Crippen molar-refractivity contribution in [2.45, 2.75) is 37.9 Å². The molecule has 0 aromatic rings. The van der Waals surface area contributed by atoms with Crippen LogP contribution < -0.4 is 0 Å². The largest absolute Gasteiger partial charge is 0.396 e. The number of aliphatic hydroxyl groups is 3. The Labute approximate surface area is 101 Å². The minimum atomic E-state index is -0.393. The molecular formula is C10H21ClO3S. The predicted octanol–water partition coefficient (Wildman–Crippen LogP) is 1.23. The van der Waals surface area contributed by atoms with Crippen molar-refractivity contribution in [3.8, 4) is 0 Å². The first kappa shape index (κ1) is 15.5. The molecule has 15 heavy (non-hydrogen) atoms. The summed E-state index contributed by atoms with van der Waals surface area (Å²) in [5.41, 5.74) is 0. The lowest BCUT2D eigenvalue weighted by atomic mass is 10.2. The van der Waals surface area contributed by atoms with Crippen molar-refractivity contribution in [3.63, 3.8) is 0 Å². The Kier molecular flexibility index (Phi) is 11.4. The maximum absolute atomic E-state index is 9.36. The molecule has 0 bridgehead atoms. The molecule has 0 aromatic carbocycles. The topological polar surface area (TPSA) is 60.7 Å². The summed E-state index contributed by atoms with van der Waals surface area (Å²) < 4.78 is 0. The van der Waals surface area contributed by atoms with E-state index < -0.39 is 6.10 Å². The quantitative estimate of drug-likeness (QED) is 0.407. The molecule has 5 heteroatoms. The van der Waals surface area contributed by atoms with Crippen molar-refractivity contribution in [1.82, 2.24) is 0 Å². The van der Waals surface area contributed by atoms with Gasteiger partial charge in [0.1, 0.15) is 0 Å². The zero-order valence-corrected chi connectivity index (χ0v) is 10.5. The van der Waals surface area contributed by atoms with Crippen LogP contribution in [0, 0.1) is 0 Å². The van der Waals surface area contributed by atoms with E-state index in [0.717, 1.165) is 17.9 Å². The normalized spacial score (nSPS) is 15.2. The van der Waals surface area contributed by atoms with Crippen LogP contribution in [0.15, 0.2) is 0 Å². The summed E-state index contributed by atoms with van der Waals surface area (Å²) in [7, 11) is 0. The van der Waals surface area contributed by atoms with E-state index in [0.29, 0.717) is 25.1 Å². The van der Waals surface area contributed by atoms with Gasteiger partial charge in [-0.2, -0.15) is 11.8 Å². The van der Waals surface area contributed by atoms with E-state index in [4.69, 9.17) is 16.7 Å². The van der Waals surface area contributed by atoms with E-state index in [1.165, 1.54) is 0 Å². The maximum Gasteiger partial charge on any atom is 0.0570 e. The summed E-state index contributed by atoms with van der Waals surface area (Å²) in [5, 5.41) is 27.2. The lowest BCUT2D eigenvalue weighted by molar-refractivity contribution is 0.130. The minimum Gasteiger partial charge on any atom is -0.396 e. The van der Waals surface area contributed by atoms with Gasteiger partial charge in [0.2, 0.25) is 0 Å². The van der Waals surface area contributed by atoms with Crippen molar-refractivity contribution < 1.29 is 15.3 Å². The van der Waals surface area contributed by atoms with Crippen molar-refractivity contribution >= 4 is 23.4 Å². The molecule has 0 saturated heterocycles. The summed E-state index contributed by atoms with van der Waals surface area (Å²) in [6, 6.07) is 0. The number of halogens is 1. The summed E-state index contributed by atoms with van der Waals surface area (Å²) in [6.45, 7) is 0.0419. The summed E-state index contributed by atoms with van der Waals surface area (Å²) in [4.78, 5) is 0. The Morgan fingerprint density at radius 3 is 1.93 bits per heavy atom. The fraction of sp³-hybridized carbons (Fsp3) is 1.00. The van der Waals surface area contributed by atoms with Crippen LogP contribution >= 0.6 is 23.4 Å². The third-order valence-corrected chi connectivity index (χ3v) is 3.36. The zero-order valence-electron chi connectivity index (χ0n) is 8.94. The standard InChI is InChI=1S/C10H21ClO3S/c11-5-1-9(13)3-7-15-8-4-10(14)2-6-12/h9-10,12-14H,1-8H2. The first-order valence-electron chi connectivity index (χ1n) is 5.31. The second-order valence-corrected chi connectivity index (χ2v) is 5.09. The van der Waals surface area contributed by atoms with Gasteiger partial charge in [-0.15, -0.1) is 11.6 Å². The highest BCUT2D eigenvalue weighted by molar-refractivity contribution is 7.99. The summed E-state index contributed by atoms with van der Waals surface area (Å²) >= 11 is 7.21. The molecule has 0 aliphatic carbocycles. The van der Waals surface area contributed by atoms with Gasteiger partial charge < -0.3 is 15.3 Å². The lowest BCUT2D eigenvalue weighted by Crippen LogP contribution is -2.11. The molecule has 0 fully saturated rings. The van der Waals surface area contributed by atoms with Crippen LogP contribution in [0.5, 0.6) is 0 Å². The van der Waals surface area contributed by atoms with Crippen LogP contribution in [0.25, 0.3) is 0 Å². The van der Waals surface area contributed by atoms with Gasteiger partial charge in [0.25, 0.3) is 0 Å².